The normalized spacial score (nSPS) is 26.4. The van der Waals surface area contributed by atoms with Crippen molar-refractivity contribution in [3.63, 3.8) is 0 Å². The van der Waals surface area contributed by atoms with Crippen LogP contribution in [0.3, 0.4) is 0 Å². The SMILES string of the molecule is CN1CCCN(S(=O)[O-])CC1. The third-order valence-corrected chi connectivity index (χ3v) is 2.68. The average Bonchev–Trinajstić information content (AvgIpc) is 2.13. The Kier molecular flexibility index (Phi) is 3.45. The van der Waals surface area contributed by atoms with E-state index in [0.29, 0.717) is 13.1 Å². The topological polar surface area (TPSA) is 46.6 Å². The predicted octanol–water partition coefficient (Wildman–Crippen LogP) is -0.582. The first-order chi connectivity index (χ1) is 5.20. The Hall–Kier alpha value is 0.0300. The lowest BCUT2D eigenvalue weighted by Crippen LogP contribution is -2.30. The molecule has 1 heterocycles. The maximum Gasteiger partial charge on any atom is 0.0230 e. The van der Waals surface area contributed by atoms with Crippen LogP contribution in [0.5, 0.6) is 0 Å². The fourth-order valence-electron chi connectivity index (χ4n) is 1.17. The number of hydrogen-bond acceptors (Lipinski definition) is 3. The molecule has 0 aliphatic carbocycles. The maximum atomic E-state index is 10.5. The van der Waals surface area contributed by atoms with Gasteiger partial charge in [0.05, 0.1) is 0 Å². The Morgan fingerprint density at radius 3 is 2.64 bits per heavy atom. The molecule has 0 spiro atoms. The molecule has 0 radical (unpaired) electrons. The van der Waals surface area contributed by atoms with Gasteiger partial charge in [-0.05, 0) is 20.0 Å². The zero-order chi connectivity index (χ0) is 8.27. The van der Waals surface area contributed by atoms with E-state index in [0.717, 1.165) is 19.5 Å². The molecule has 0 aromatic heterocycles. The molecule has 1 aliphatic heterocycles. The van der Waals surface area contributed by atoms with Crippen LogP contribution in [-0.2, 0) is 11.3 Å². The van der Waals surface area contributed by atoms with Crippen LogP contribution in [0.25, 0.3) is 0 Å². The molecule has 1 saturated heterocycles. The first kappa shape index (κ1) is 9.12. The molecule has 66 valence electrons. The molecule has 4 nitrogen and oxygen atoms in total. The van der Waals surface area contributed by atoms with Gasteiger partial charge in [0.15, 0.2) is 0 Å². The minimum absolute atomic E-state index is 0.632. The number of likely N-dealkylation sites (N-methyl/N-ethyl adjacent to an activating group) is 1. The van der Waals surface area contributed by atoms with Gasteiger partial charge in [0.2, 0.25) is 0 Å². The van der Waals surface area contributed by atoms with Crippen LogP contribution in [0.4, 0.5) is 0 Å². The van der Waals surface area contributed by atoms with Crippen molar-refractivity contribution in [3.8, 4) is 0 Å². The van der Waals surface area contributed by atoms with E-state index in [9.17, 15) is 8.76 Å². The fraction of sp³-hybridized carbons (Fsp3) is 1.00. The summed E-state index contributed by atoms with van der Waals surface area (Å²) in [7, 11) is 2.01. The van der Waals surface area contributed by atoms with Gasteiger partial charge >= 0.3 is 0 Å². The molecular formula is C6H13N2O2S-. The highest BCUT2D eigenvalue weighted by Crippen LogP contribution is 2.01. The van der Waals surface area contributed by atoms with Crippen molar-refractivity contribution in [1.82, 2.24) is 9.21 Å². The third kappa shape index (κ3) is 2.86. The van der Waals surface area contributed by atoms with Crippen molar-refractivity contribution in [3.05, 3.63) is 0 Å². The molecule has 0 saturated carbocycles. The Labute approximate surface area is 69.6 Å². The standard InChI is InChI=1S/C6H14N2O2S/c1-7-3-2-4-8(6-5-7)11(9)10/h2-6H2,1H3,(H,9,10)/p-1. The van der Waals surface area contributed by atoms with E-state index in [-0.39, 0.29) is 0 Å². The summed E-state index contributed by atoms with van der Waals surface area (Å²) in [5.41, 5.74) is 0. The highest BCUT2D eigenvalue weighted by atomic mass is 32.2. The van der Waals surface area contributed by atoms with Crippen molar-refractivity contribution >= 4 is 11.3 Å². The van der Waals surface area contributed by atoms with Gasteiger partial charge in [0, 0.05) is 30.9 Å². The van der Waals surface area contributed by atoms with Gasteiger partial charge in [-0.1, -0.05) is 0 Å². The van der Waals surface area contributed by atoms with Crippen LogP contribution in [0.2, 0.25) is 0 Å². The van der Waals surface area contributed by atoms with Crippen LogP contribution >= 0.6 is 0 Å². The summed E-state index contributed by atoms with van der Waals surface area (Å²) in [6, 6.07) is 0. The van der Waals surface area contributed by atoms with Crippen molar-refractivity contribution in [2.24, 2.45) is 0 Å². The third-order valence-electron chi connectivity index (χ3n) is 1.89. The number of rotatable bonds is 1. The fourth-order valence-corrected chi connectivity index (χ4v) is 1.68. The molecule has 0 amide bonds. The molecule has 1 fully saturated rings. The quantitative estimate of drug-likeness (QED) is 0.503. The average molecular weight is 177 g/mol. The van der Waals surface area contributed by atoms with Gasteiger partial charge in [0.25, 0.3) is 0 Å². The predicted molar refractivity (Wildman–Crippen MR) is 42.6 cm³/mol. The van der Waals surface area contributed by atoms with Crippen LogP contribution in [0.15, 0.2) is 0 Å². The van der Waals surface area contributed by atoms with E-state index in [1.807, 2.05) is 7.05 Å². The number of hydrogen-bond donors (Lipinski definition) is 0. The zero-order valence-corrected chi connectivity index (χ0v) is 7.47. The summed E-state index contributed by atoms with van der Waals surface area (Å²) in [4.78, 5) is 2.15. The van der Waals surface area contributed by atoms with Gasteiger partial charge in [-0.3, -0.25) is 4.21 Å². The summed E-state index contributed by atoms with van der Waals surface area (Å²) >= 11 is -2.02. The molecule has 1 unspecified atom stereocenters. The van der Waals surface area contributed by atoms with E-state index in [4.69, 9.17) is 0 Å². The zero-order valence-electron chi connectivity index (χ0n) is 6.65. The smallest absolute Gasteiger partial charge is 0.0230 e. The molecule has 5 heteroatoms. The molecule has 0 aromatic carbocycles. The van der Waals surface area contributed by atoms with Crippen molar-refractivity contribution < 1.29 is 8.76 Å². The molecule has 1 atom stereocenters. The van der Waals surface area contributed by atoms with Crippen molar-refractivity contribution in [2.75, 3.05) is 33.2 Å². The minimum atomic E-state index is -2.02. The van der Waals surface area contributed by atoms with Crippen LogP contribution < -0.4 is 0 Å². The van der Waals surface area contributed by atoms with Crippen LogP contribution in [0, 0.1) is 0 Å². The van der Waals surface area contributed by atoms with E-state index in [1.165, 1.54) is 4.31 Å². The lowest BCUT2D eigenvalue weighted by atomic mass is 10.4. The highest BCUT2D eigenvalue weighted by Gasteiger charge is 2.11. The van der Waals surface area contributed by atoms with Crippen LogP contribution in [0.1, 0.15) is 6.42 Å². The summed E-state index contributed by atoms with van der Waals surface area (Å²) in [5.74, 6) is 0. The van der Waals surface area contributed by atoms with Gasteiger partial charge in [-0.25, -0.2) is 4.31 Å². The molecule has 1 aliphatic rings. The first-order valence-corrected chi connectivity index (χ1v) is 4.76. The Morgan fingerprint density at radius 2 is 2.00 bits per heavy atom. The second-order valence-corrected chi connectivity index (χ2v) is 3.75. The van der Waals surface area contributed by atoms with Gasteiger partial charge in [-0.15, -0.1) is 0 Å². The van der Waals surface area contributed by atoms with E-state index < -0.39 is 11.3 Å². The van der Waals surface area contributed by atoms with E-state index >= 15 is 0 Å². The van der Waals surface area contributed by atoms with Crippen molar-refractivity contribution in [1.29, 1.82) is 0 Å². The highest BCUT2D eigenvalue weighted by molar-refractivity contribution is 7.76. The van der Waals surface area contributed by atoms with Gasteiger partial charge < -0.3 is 9.45 Å². The second-order valence-electron chi connectivity index (χ2n) is 2.80. The molecule has 0 bridgehead atoms. The molecule has 0 aromatic rings. The first-order valence-electron chi connectivity index (χ1n) is 3.73. The lowest BCUT2D eigenvalue weighted by molar-refractivity contribution is 0.344. The summed E-state index contributed by atoms with van der Waals surface area (Å²) in [5, 5.41) is 0. The summed E-state index contributed by atoms with van der Waals surface area (Å²) < 4.78 is 22.5. The largest absolute Gasteiger partial charge is 0.760 e. The van der Waals surface area contributed by atoms with Gasteiger partial charge in [0.1, 0.15) is 0 Å². The monoisotopic (exact) mass is 177 g/mol. The molecule has 11 heavy (non-hydrogen) atoms. The molecule has 1 rings (SSSR count). The maximum absolute atomic E-state index is 10.5. The second kappa shape index (κ2) is 4.15. The van der Waals surface area contributed by atoms with Crippen molar-refractivity contribution in [2.45, 2.75) is 6.42 Å². The Bertz CT molecular complexity index is 154. The summed E-state index contributed by atoms with van der Waals surface area (Å²) in [6.45, 7) is 3.13. The Balaban J connectivity index is 2.40. The molecular weight excluding hydrogens is 164 g/mol. The van der Waals surface area contributed by atoms with Gasteiger partial charge in [-0.2, -0.15) is 0 Å². The van der Waals surface area contributed by atoms with E-state index in [1.54, 1.807) is 0 Å². The van der Waals surface area contributed by atoms with Crippen LogP contribution in [-0.4, -0.2) is 51.2 Å². The Morgan fingerprint density at radius 1 is 1.27 bits per heavy atom. The lowest BCUT2D eigenvalue weighted by Gasteiger charge is -2.21. The molecule has 0 N–H and O–H groups in total. The summed E-state index contributed by atoms with van der Waals surface area (Å²) in [6.07, 6.45) is 0.935. The number of nitrogens with zero attached hydrogens (tertiary/aromatic N) is 2. The van der Waals surface area contributed by atoms with E-state index in [2.05, 4.69) is 4.90 Å². The minimum Gasteiger partial charge on any atom is -0.760 e.